The molecule has 0 fully saturated rings. The number of nitrogens with one attached hydrogen (secondary N) is 1. The molecule has 0 aliphatic rings. The number of benzene rings is 2. The number of amides is 1. The van der Waals surface area contributed by atoms with Crippen molar-refractivity contribution in [3.63, 3.8) is 0 Å². The molecule has 0 aliphatic carbocycles. The minimum Gasteiger partial charge on any atom is -0.480 e. The van der Waals surface area contributed by atoms with Gasteiger partial charge in [-0.3, -0.25) is 4.79 Å². The molecule has 2 aromatic carbocycles. The van der Waals surface area contributed by atoms with E-state index in [1.54, 1.807) is 6.92 Å². The minimum absolute atomic E-state index is 0.138. The van der Waals surface area contributed by atoms with Crippen LogP contribution in [0.3, 0.4) is 0 Å². The van der Waals surface area contributed by atoms with Gasteiger partial charge in [0.05, 0.1) is 0 Å². The van der Waals surface area contributed by atoms with Crippen LogP contribution in [-0.4, -0.2) is 12.0 Å². The van der Waals surface area contributed by atoms with E-state index in [1.807, 2.05) is 56.3 Å². The molecular weight excluding hydrogens is 286 g/mol. The number of anilines is 1. The first-order chi connectivity index (χ1) is 10.9. The molecular formula is C20H25NO2. The second kappa shape index (κ2) is 7.32. The lowest BCUT2D eigenvalue weighted by Gasteiger charge is -2.19. The fourth-order valence-electron chi connectivity index (χ4n) is 2.56. The molecule has 2 rings (SSSR count). The molecule has 0 saturated carbocycles. The minimum atomic E-state index is -0.560. The maximum absolute atomic E-state index is 12.5. The number of carbonyl (C=O) groups excluding carboxylic acids is 1. The summed E-state index contributed by atoms with van der Waals surface area (Å²) in [6.07, 6.45) is -0.560. The number of ether oxygens (including phenoxy) is 1. The van der Waals surface area contributed by atoms with Gasteiger partial charge in [-0.1, -0.05) is 50.2 Å². The molecule has 23 heavy (non-hydrogen) atoms. The molecule has 0 saturated heterocycles. The molecule has 3 heteroatoms. The summed E-state index contributed by atoms with van der Waals surface area (Å²) in [6.45, 7) is 9.98. The van der Waals surface area contributed by atoms with Gasteiger partial charge in [0.2, 0.25) is 0 Å². The summed E-state index contributed by atoms with van der Waals surface area (Å²) in [7, 11) is 0. The largest absolute Gasteiger partial charge is 0.480 e. The third-order valence-corrected chi connectivity index (χ3v) is 3.91. The summed E-state index contributed by atoms with van der Waals surface area (Å²) in [4.78, 5) is 12.5. The Labute approximate surface area is 138 Å². The summed E-state index contributed by atoms with van der Waals surface area (Å²) in [5, 5.41) is 2.99. The molecule has 0 bridgehead atoms. The predicted molar refractivity (Wildman–Crippen MR) is 95.2 cm³/mol. The Morgan fingerprint density at radius 2 is 1.57 bits per heavy atom. The lowest BCUT2D eigenvalue weighted by molar-refractivity contribution is -0.122. The molecule has 0 spiro atoms. The number of para-hydroxylation sites is 2. The maximum Gasteiger partial charge on any atom is 0.265 e. The monoisotopic (exact) mass is 311 g/mol. The van der Waals surface area contributed by atoms with Gasteiger partial charge in [-0.2, -0.15) is 0 Å². The van der Waals surface area contributed by atoms with E-state index in [0.29, 0.717) is 5.92 Å². The zero-order valence-corrected chi connectivity index (χ0v) is 14.5. The van der Waals surface area contributed by atoms with Gasteiger partial charge in [-0.15, -0.1) is 0 Å². The average Bonchev–Trinajstić information content (AvgIpc) is 2.51. The van der Waals surface area contributed by atoms with Gasteiger partial charge >= 0.3 is 0 Å². The van der Waals surface area contributed by atoms with E-state index < -0.39 is 6.10 Å². The maximum atomic E-state index is 12.5. The lowest BCUT2D eigenvalue weighted by atomic mass is 10.0. The van der Waals surface area contributed by atoms with E-state index in [9.17, 15) is 4.79 Å². The number of rotatable bonds is 5. The van der Waals surface area contributed by atoms with Crippen LogP contribution in [0.25, 0.3) is 0 Å². The third-order valence-electron chi connectivity index (χ3n) is 3.91. The first-order valence-corrected chi connectivity index (χ1v) is 8.02. The zero-order chi connectivity index (χ0) is 17.0. The summed E-state index contributed by atoms with van der Waals surface area (Å²) < 4.78 is 5.90. The van der Waals surface area contributed by atoms with Gasteiger partial charge in [-0.25, -0.2) is 0 Å². The Morgan fingerprint density at radius 3 is 2.17 bits per heavy atom. The van der Waals surface area contributed by atoms with Crippen LogP contribution in [0.4, 0.5) is 5.69 Å². The second-order valence-electron chi connectivity index (χ2n) is 6.21. The smallest absolute Gasteiger partial charge is 0.265 e. The van der Waals surface area contributed by atoms with Crippen LogP contribution in [0.5, 0.6) is 5.75 Å². The van der Waals surface area contributed by atoms with Crippen molar-refractivity contribution < 1.29 is 9.53 Å². The molecule has 3 nitrogen and oxygen atoms in total. The van der Waals surface area contributed by atoms with Crippen LogP contribution in [0.1, 0.15) is 43.4 Å². The van der Waals surface area contributed by atoms with Crippen LogP contribution in [0.15, 0.2) is 42.5 Å². The Kier molecular flexibility index (Phi) is 5.43. The summed E-state index contributed by atoms with van der Waals surface area (Å²) in [5.41, 5.74) is 4.05. The van der Waals surface area contributed by atoms with Gasteiger partial charge < -0.3 is 10.1 Å². The van der Waals surface area contributed by atoms with E-state index in [1.165, 1.54) is 0 Å². The van der Waals surface area contributed by atoms with Crippen LogP contribution < -0.4 is 10.1 Å². The van der Waals surface area contributed by atoms with E-state index in [-0.39, 0.29) is 5.91 Å². The first kappa shape index (κ1) is 17.1. The van der Waals surface area contributed by atoms with Crippen molar-refractivity contribution in [2.75, 3.05) is 5.32 Å². The Hall–Kier alpha value is -2.29. The van der Waals surface area contributed by atoms with Crippen molar-refractivity contribution in [3.05, 3.63) is 59.2 Å². The zero-order valence-electron chi connectivity index (χ0n) is 14.5. The number of hydrogen-bond donors (Lipinski definition) is 1. The van der Waals surface area contributed by atoms with E-state index >= 15 is 0 Å². The molecule has 1 N–H and O–H groups in total. The highest BCUT2D eigenvalue weighted by Gasteiger charge is 2.18. The number of aryl methyl sites for hydroxylation is 2. The fourth-order valence-corrected chi connectivity index (χ4v) is 2.56. The average molecular weight is 311 g/mol. The molecule has 0 aliphatic heterocycles. The number of carbonyl (C=O) groups is 1. The molecule has 0 radical (unpaired) electrons. The van der Waals surface area contributed by atoms with Gasteiger partial charge in [0, 0.05) is 5.69 Å². The van der Waals surface area contributed by atoms with Crippen molar-refractivity contribution in [1.29, 1.82) is 0 Å². The predicted octanol–water partition coefficient (Wildman–Crippen LogP) is 4.83. The molecule has 0 aromatic heterocycles. The topological polar surface area (TPSA) is 38.3 Å². The normalized spacial score (nSPS) is 12.1. The van der Waals surface area contributed by atoms with Crippen LogP contribution in [0, 0.1) is 13.8 Å². The standard InChI is InChI=1S/C20H25NO2/c1-13(2)17-11-6-7-12-18(17)21-20(22)16(5)23-19-14(3)9-8-10-15(19)4/h6-13,16H,1-5H3,(H,21,22). The Bertz CT molecular complexity index is 672. The van der Waals surface area contributed by atoms with Gasteiger partial charge in [-0.05, 0) is 49.4 Å². The highest BCUT2D eigenvalue weighted by Crippen LogP contribution is 2.26. The molecule has 122 valence electrons. The van der Waals surface area contributed by atoms with E-state index in [2.05, 4.69) is 19.2 Å². The summed E-state index contributed by atoms with van der Waals surface area (Å²) in [5.74, 6) is 0.995. The third kappa shape index (κ3) is 4.13. The van der Waals surface area contributed by atoms with Crippen molar-refractivity contribution in [3.8, 4) is 5.75 Å². The Morgan fingerprint density at radius 1 is 0.957 bits per heavy atom. The SMILES string of the molecule is Cc1cccc(C)c1OC(C)C(=O)Nc1ccccc1C(C)C. The van der Waals surface area contributed by atoms with Crippen molar-refractivity contribution in [2.24, 2.45) is 0 Å². The van der Waals surface area contributed by atoms with Crippen molar-refractivity contribution in [2.45, 2.75) is 46.6 Å². The lowest BCUT2D eigenvalue weighted by Crippen LogP contribution is -2.31. The Balaban J connectivity index is 2.12. The number of hydrogen-bond acceptors (Lipinski definition) is 2. The highest BCUT2D eigenvalue weighted by atomic mass is 16.5. The first-order valence-electron chi connectivity index (χ1n) is 8.02. The van der Waals surface area contributed by atoms with Crippen molar-refractivity contribution >= 4 is 11.6 Å². The molecule has 0 heterocycles. The summed E-state index contributed by atoms with van der Waals surface area (Å²) >= 11 is 0. The van der Waals surface area contributed by atoms with E-state index in [4.69, 9.17) is 4.74 Å². The molecule has 2 aromatic rings. The van der Waals surface area contributed by atoms with Gasteiger partial charge in [0.1, 0.15) is 5.75 Å². The van der Waals surface area contributed by atoms with Crippen molar-refractivity contribution in [1.82, 2.24) is 0 Å². The fraction of sp³-hybridized carbons (Fsp3) is 0.350. The highest BCUT2D eigenvalue weighted by molar-refractivity contribution is 5.94. The summed E-state index contributed by atoms with van der Waals surface area (Å²) in [6, 6.07) is 13.8. The molecule has 1 atom stereocenters. The molecule has 1 unspecified atom stereocenters. The quantitative estimate of drug-likeness (QED) is 0.858. The van der Waals surface area contributed by atoms with Gasteiger partial charge in [0.15, 0.2) is 6.10 Å². The van der Waals surface area contributed by atoms with Crippen LogP contribution in [0.2, 0.25) is 0 Å². The molecule has 1 amide bonds. The second-order valence-corrected chi connectivity index (χ2v) is 6.21. The van der Waals surface area contributed by atoms with Gasteiger partial charge in [0.25, 0.3) is 5.91 Å². The van der Waals surface area contributed by atoms with Crippen LogP contribution >= 0.6 is 0 Å². The van der Waals surface area contributed by atoms with E-state index in [0.717, 1.165) is 28.1 Å². The van der Waals surface area contributed by atoms with Crippen LogP contribution in [-0.2, 0) is 4.79 Å².